The third-order valence-corrected chi connectivity index (χ3v) is 3.07. The first kappa shape index (κ1) is 14.0. The number of halogens is 1. The number of nitrogens with zero attached hydrogens (tertiary/aromatic N) is 2. The molecule has 20 heavy (non-hydrogen) atoms. The van der Waals surface area contributed by atoms with Crippen LogP contribution < -0.4 is 5.43 Å². The van der Waals surface area contributed by atoms with Crippen LogP contribution >= 0.6 is 11.6 Å². The van der Waals surface area contributed by atoms with Gasteiger partial charge in [0.1, 0.15) is 0 Å². The molecule has 6 heteroatoms. The van der Waals surface area contributed by atoms with Gasteiger partial charge in [-0.3, -0.25) is 15.5 Å². The number of non-ortho nitro benzene ring substituents is 1. The predicted octanol–water partition coefficient (Wildman–Crippen LogP) is 4.00. The number of rotatable bonds is 4. The Kier molecular flexibility index (Phi) is 4.32. The van der Waals surface area contributed by atoms with Crippen molar-refractivity contribution in [1.82, 2.24) is 0 Å². The molecule has 0 heterocycles. The molecule has 0 radical (unpaired) electrons. The van der Waals surface area contributed by atoms with Gasteiger partial charge in [-0.1, -0.05) is 29.8 Å². The molecule has 0 saturated heterocycles. The zero-order valence-electron chi connectivity index (χ0n) is 10.7. The fourth-order valence-electron chi connectivity index (χ4n) is 1.56. The first-order chi connectivity index (χ1) is 9.56. The highest BCUT2D eigenvalue weighted by Gasteiger charge is 2.03. The number of aryl methyl sites for hydroxylation is 1. The van der Waals surface area contributed by atoms with Crippen molar-refractivity contribution in [3.63, 3.8) is 0 Å². The van der Waals surface area contributed by atoms with Gasteiger partial charge < -0.3 is 0 Å². The first-order valence-corrected chi connectivity index (χ1v) is 6.24. The fourth-order valence-corrected chi connectivity index (χ4v) is 1.74. The molecule has 0 saturated carbocycles. The average Bonchev–Trinajstić information content (AvgIpc) is 2.43. The van der Waals surface area contributed by atoms with Crippen molar-refractivity contribution in [1.29, 1.82) is 0 Å². The maximum Gasteiger partial charge on any atom is 0.270 e. The van der Waals surface area contributed by atoms with E-state index in [1.54, 1.807) is 18.2 Å². The standard InChI is InChI=1S/C14H12ClN3O2/c1-10-5-6-12(8-14(10)15)17-16-9-11-3-2-4-13(7-11)18(19)20/h2-9,17H,1H3/b16-9+. The number of hydrogen-bond acceptors (Lipinski definition) is 4. The number of nitro groups is 1. The molecule has 0 amide bonds. The second-order valence-electron chi connectivity index (χ2n) is 4.19. The molecule has 5 nitrogen and oxygen atoms in total. The lowest BCUT2D eigenvalue weighted by Crippen LogP contribution is -1.93. The number of benzene rings is 2. The Morgan fingerprint density at radius 1 is 1.30 bits per heavy atom. The van der Waals surface area contributed by atoms with E-state index in [1.165, 1.54) is 18.3 Å². The van der Waals surface area contributed by atoms with Crippen molar-refractivity contribution in [2.24, 2.45) is 5.10 Å². The highest BCUT2D eigenvalue weighted by molar-refractivity contribution is 6.31. The molecule has 0 aliphatic heterocycles. The van der Waals surface area contributed by atoms with Crippen LogP contribution in [0.4, 0.5) is 11.4 Å². The molecule has 0 spiro atoms. The summed E-state index contributed by atoms with van der Waals surface area (Å²) in [5.74, 6) is 0. The van der Waals surface area contributed by atoms with E-state index < -0.39 is 4.92 Å². The molecule has 2 rings (SSSR count). The highest BCUT2D eigenvalue weighted by atomic mass is 35.5. The van der Waals surface area contributed by atoms with Gasteiger partial charge in [-0.15, -0.1) is 0 Å². The van der Waals surface area contributed by atoms with Crippen molar-refractivity contribution in [3.8, 4) is 0 Å². The number of hydrazone groups is 1. The lowest BCUT2D eigenvalue weighted by molar-refractivity contribution is -0.384. The summed E-state index contributed by atoms with van der Waals surface area (Å²) >= 11 is 6.00. The topological polar surface area (TPSA) is 67.5 Å². The lowest BCUT2D eigenvalue weighted by atomic mass is 10.2. The summed E-state index contributed by atoms with van der Waals surface area (Å²) in [5, 5.41) is 15.3. The lowest BCUT2D eigenvalue weighted by Gasteiger charge is -2.02. The summed E-state index contributed by atoms with van der Waals surface area (Å²) in [6.45, 7) is 1.92. The molecule has 0 aliphatic rings. The third-order valence-electron chi connectivity index (χ3n) is 2.66. The molecular formula is C14H12ClN3O2. The van der Waals surface area contributed by atoms with Gasteiger partial charge >= 0.3 is 0 Å². The minimum Gasteiger partial charge on any atom is -0.278 e. The number of nitro benzene ring substituents is 1. The van der Waals surface area contributed by atoms with Crippen molar-refractivity contribution >= 4 is 29.2 Å². The van der Waals surface area contributed by atoms with Crippen LogP contribution in [0.15, 0.2) is 47.6 Å². The maximum absolute atomic E-state index is 10.6. The summed E-state index contributed by atoms with van der Waals surface area (Å²) < 4.78 is 0. The quantitative estimate of drug-likeness (QED) is 0.525. The van der Waals surface area contributed by atoms with Crippen LogP contribution in [-0.4, -0.2) is 11.1 Å². The SMILES string of the molecule is Cc1ccc(N/N=C/c2cccc([N+](=O)[O-])c2)cc1Cl. The van der Waals surface area contributed by atoms with Crippen LogP contribution in [0.2, 0.25) is 5.02 Å². The number of hydrogen-bond donors (Lipinski definition) is 1. The van der Waals surface area contributed by atoms with E-state index in [0.717, 1.165) is 11.3 Å². The van der Waals surface area contributed by atoms with Gasteiger partial charge in [0.15, 0.2) is 0 Å². The average molecular weight is 290 g/mol. The molecule has 1 N–H and O–H groups in total. The van der Waals surface area contributed by atoms with Gasteiger partial charge in [0.05, 0.1) is 16.8 Å². The van der Waals surface area contributed by atoms with E-state index in [-0.39, 0.29) is 5.69 Å². The van der Waals surface area contributed by atoms with E-state index in [0.29, 0.717) is 10.6 Å². The van der Waals surface area contributed by atoms with Gasteiger partial charge in [-0.2, -0.15) is 5.10 Å². The summed E-state index contributed by atoms with van der Waals surface area (Å²) in [5.41, 5.74) is 5.24. The molecule has 0 fully saturated rings. The van der Waals surface area contributed by atoms with E-state index in [4.69, 9.17) is 11.6 Å². The smallest absolute Gasteiger partial charge is 0.270 e. The van der Waals surface area contributed by atoms with E-state index in [2.05, 4.69) is 10.5 Å². The van der Waals surface area contributed by atoms with E-state index in [9.17, 15) is 10.1 Å². The minimum absolute atomic E-state index is 0.0346. The zero-order chi connectivity index (χ0) is 14.5. The normalized spacial score (nSPS) is 10.7. The Labute approximate surface area is 121 Å². The summed E-state index contributed by atoms with van der Waals surface area (Å²) in [6, 6.07) is 11.7. The Balaban J connectivity index is 2.08. The van der Waals surface area contributed by atoms with Gasteiger partial charge in [0, 0.05) is 22.7 Å². The molecule has 2 aromatic rings. The summed E-state index contributed by atoms with van der Waals surface area (Å²) in [6.07, 6.45) is 1.51. The Morgan fingerprint density at radius 3 is 2.80 bits per heavy atom. The second-order valence-corrected chi connectivity index (χ2v) is 4.59. The van der Waals surface area contributed by atoms with Crippen molar-refractivity contribution in [3.05, 3.63) is 68.7 Å². The minimum atomic E-state index is -0.440. The first-order valence-electron chi connectivity index (χ1n) is 5.86. The van der Waals surface area contributed by atoms with Gasteiger partial charge in [-0.05, 0) is 24.6 Å². The number of nitrogens with one attached hydrogen (secondary N) is 1. The maximum atomic E-state index is 10.6. The monoisotopic (exact) mass is 289 g/mol. The van der Waals surface area contributed by atoms with E-state index >= 15 is 0 Å². The van der Waals surface area contributed by atoms with Crippen LogP contribution in [0, 0.1) is 17.0 Å². The molecule has 0 unspecified atom stereocenters. The van der Waals surface area contributed by atoms with E-state index in [1.807, 2.05) is 19.1 Å². The Hall–Kier alpha value is -2.40. The van der Waals surface area contributed by atoms with Crippen LogP contribution in [0.3, 0.4) is 0 Å². The molecule has 2 aromatic carbocycles. The van der Waals surface area contributed by atoms with Crippen LogP contribution in [0.1, 0.15) is 11.1 Å². The molecule has 102 valence electrons. The van der Waals surface area contributed by atoms with Crippen LogP contribution in [0.25, 0.3) is 0 Å². The molecule has 0 atom stereocenters. The van der Waals surface area contributed by atoms with Crippen molar-refractivity contribution < 1.29 is 4.92 Å². The van der Waals surface area contributed by atoms with Crippen molar-refractivity contribution in [2.75, 3.05) is 5.43 Å². The molecular weight excluding hydrogens is 278 g/mol. The molecule has 0 bridgehead atoms. The van der Waals surface area contributed by atoms with Crippen LogP contribution in [0.5, 0.6) is 0 Å². The molecule has 0 aromatic heterocycles. The Bertz CT molecular complexity index is 671. The molecule has 0 aliphatic carbocycles. The summed E-state index contributed by atoms with van der Waals surface area (Å²) in [7, 11) is 0. The zero-order valence-corrected chi connectivity index (χ0v) is 11.5. The second kappa shape index (κ2) is 6.16. The van der Waals surface area contributed by atoms with Crippen LogP contribution in [-0.2, 0) is 0 Å². The number of anilines is 1. The van der Waals surface area contributed by atoms with Gasteiger partial charge in [-0.25, -0.2) is 0 Å². The fraction of sp³-hybridized carbons (Fsp3) is 0.0714. The Morgan fingerprint density at radius 2 is 2.10 bits per heavy atom. The predicted molar refractivity (Wildman–Crippen MR) is 80.5 cm³/mol. The third kappa shape index (κ3) is 3.55. The van der Waals surface area contributed by atoms with Crippen molar-refractivity contribution in [2.45, 2.75) is 6.92 Å². The van der Waals surface area contributed by atoms with Gasteiger partial charge in [0.2, 0.25) is 0 Å². The largest absolute Gasteiger partial charge is 0.278 e. The van der Waals surface area contributed by atoms with Gasteiger partial charge in [0.25, 0.3) is 5.69 Å². The highest BCUT2D eigenvalue weighted by Crippen LogP contribution is 2.19. The summed E-state index contributed by atoms with van der Waals surface area (Å²) in [4.78, 5) is 10.2.